The van der Waals surface area contributed by atoms with Gasteiger partial charge in [0.05, 0.1) is 8.07 Å². The van der Waals surface area contributed by atoms with E-state index < -0.39 is 8.07 Å². The molecule has 1 heteroatoms. The molecule has 0 aromatic carbocycles. The molecule has 18 heavy (non-hydrogen) atoms. The Hall–Kier alpha value is 0.217. The largest absolute Gasteiger partial charge is 0.0654 e. The second-order valence-electron chi connectivity index (χ2n) is 6.95. The van der Waals surface area contributed by atoms with E-state index in [1.807, 2.05) is 0 Å². The van der Waals surface area contributed by atoms with E-state index in [9.17, 15) is 0 Å². The fraction of sp³-hybridized carbons (Fsp3) is 0.941. The zero-order valence-corrected chi connectivity index (χ0v) is 15.1. The third-order valence-electron chi connectivity index (χ3n) is 5.17. The molecular weight excluding hydrogens is 232 g/mol. The van der Waals surface area contributed by atoms with Crippen LogP contribution in [0.4, 0.5) is 0 Å². The summed E-state index contributed by atoms with van der Waals surface area (Å²) in [6, 6.07) is 0. The van der Waals surface area contributed by atoms with Crippen LogP contribution in [0.2, 0.25) is 22.2 Å². The molecule has 1 unspecified atom stereocenters. The average molecular weight is 270 g/mol. The second-order valence-corrected chi connectivity index (χ2v) is 13.2. The molecule has 0 N–H and O–H groups in total. The number of unbranched alkanes of at least 4 members (excludes halogenated alkanes) is 1. The number of hydrogen-bond acceptors (Lipinski definition) is 0. The summed E-state index contributed by atoms with van der Waals surface area (Å²) in [4.78, 5) is 0. The van der Waals surface area contributed by atoms with Crippen LogP contribution in [-0.2, 0) is 0 Å². The third kappa shape index (κ3) is 3.85. The molecule has 109 valence electrons. The van der Waals surface area contributed by atoms with Gasteiger partial charge in [0.2, 0.25) is 0 Å². The van der Waals surface area contributed by atoms with Crippen molar-refractivity contribution < 1.29 is 0 Å². The fourth-order valence-electron chi connectivity index (χ4n) is 4.76. The van der Waals surface area contributed by atoms with Gasteiger partial charge >= 0.3 is 0 Å². The van der Waals surface area contributed by atoms with E-state index in [0.29, 0.717) is 0 Å². The quantitative estimate of drug-likeness (QED) is 0.402. The van der Waals surface area contributed by atoms with Crippen molar-refractivity contribution in [3.63, 3.8) is 0 Å². The second kappa shape index (κ2) is 8.40. The van der Waals surface area contributed by atoms with Gasteiger partial charge in [-0.15, -0.1) is 0 Å². The summed E-state index contributed by atoms with van der Waals surface area (Å²) in [5, 5.41) is 0. The molecule has 0 heterocycles. The van der Waals surface area contributed by atoms with Gasteiger partial charge in [-0.3, -0.25) is 0 Å². The van der Waals surface area contributed by atoms with Crippen LogP contribution in [-0.4, -0.2) is 8.07 Å². The minimum Gasteiger partial charge on any atom is -0.0654 e. The molecule has 0 aliphatic rings. The van der Waals surface area contributed by atoms with Gasteiger partial charge in [-0.05, 0) is 5.54 Å². The van der Waals surface area contributed by atoms with Crippen LogP contribution in [0.15, 0.2) is 0 Å². The monoisotopic (exact) mass is 269 g/mol. The van der Waals surface area contributed by atoms with Gasteiger partial charge in [0.25, 0.3) is 0 Å². The van der Waals surface area contributed by atoms with Crippen molar-refractivity contribution in [2.45, 2.75) is 103 Å². The van der Waals surface area contributed by atoms with Crippen molar-refractivity contribution in [2.24, 2.45) is 0 Å². The molecule has 0 amide bonds. The van der Waals surface area contributed by atoms with Gasteiger partial charge in [-0.2, -0.15) is 0 Å². The minimum absolute atomic E-state index is 0.894. The number of rotatable bonds is 9. The summed E-state index contributed by atoms with van der Waals surface area (Å²) < 4.78 is 0. The van der Waals surface area contributed by atoms with Crippen LogP contribution in [0.1, 0.15) is 80.6 Å². The van der Waals surface area contributed by atoms with Crippen LogP contribution in [0.25, 0.3) is 0 Å². The van der Waals surface area contributed by atoms with Crippen molar-refractivity contribution in [1.82, 2.24) is 0 Å². The lowest BCUT2D eigenvalue weighted by molar-refractivity contribution is 0.581. The van der Waals surface area contributed by atoms with Crippen molar-refractivity contribution in [3.05, 3.63) is 6.92 Å². The van der Waals surface area contributed by atoms with Crippen molar-refractivity contribution in [2.75, 3.05) is 0 Å². The van der Waals surface area contributed by atoms with Gasteiger partial charge < -0.3 is 0 Å². The Bertz CT molecular complexity index is 184. The maximum atomic E-state index is 4.15. The van der Waals surface area contributed by atoms with E-state index in [2.05, 4.69) is 55.4 Å². The Morgan fingerprint density at radius 3 is 1.56 bits per heavy atom. The van der Waals surface area contributed by atoms with Gasteiger partial charge in [-0.25, -0.2) is 0 Å². The molecule has 0 aromatic rings. The van der Waals surface area contributed by atoms with Gasteiger partial charge in [0.1, 0.15) is 0 Å². The Kier molecular flexibility index (Phi) is 8.50. The summed E-state index contributed by atoms with van der Waals surface area (Å²) in [6.07, 6.45) is 6.68. The summed E-state index contributed by atoms with van der Waals surface area (Å²) in [7, 11) is -1.26. The van der Waals surface area contributed by atoms with Crippen LogP contribution < -0.4 is 0 Å². The highest BCUT2D eigenvalue weighted by molar-refractivity contribution is 6.84. The van der Waals surface area contributed by atoms with E-state index in [4.69, 9.17) is 0 Å². The van der Waals surface area contributed by atoms with E-state index in [-0.39, 0.29) is 0 Å². The van der Waals surface area contributed by atoms with Crippen LogP contribution in [0.3, 0.4) is 0 Å². The van der Waals surface area contributed by atoms with Crippen molar-refractivity contribution in [3.8, 4) is 0 Å². The lowest BCUT2D eigenvalue weighted by atomic mass is 10.1. The molecule has 0 saturated heterocycles. The highest BCUT2D eigenvalue weighted by atomic mass is 28.3. The summed E-state index contributed by atoms with van der Waals surface area (Å²) in [5.41, 5.74) is 3.66. The first-order valence-corrected chi connectivity index (χ1v) is 10.5. The van der Waals surface area contributed by atoms with Crippen molar-refractivity contribution >= 4 is 8.07 Å². The smallest absolute Gasteiger partial charge is 0.0643 e. The zero-order valence-electron chi connectivity index (χ0n) is 14.1. The van der Waals surface area contributed by atoms with E-state index in [1.165, 1.54) is 25.7 Å². The SMILES string of the molecule is [CH2]CCC(CCCC)[Si](C(C)C)(C(C)C)C(C)C. The van der Waals surface area contributed by atoms with Gasteiger partial charge in [0.15, 0.2) is 0 Å². The highest BCUT2D eigenvalue weighted by Gasteiger charge is 2.47. The Labute approximate surface area is 118 Å². The molecule has 1 radical (unpaired) electrons. The van der Waals surface area contributed by atoms with E-state index >= 15 is 0 Å². The maximum absolute atomic E-state index is 4.15. The highest BCUT2D eigenvalue weighted by Crippen LogP contribution is 2.52. The zero-order chi connectivity index (χ0) is 14.3. The molecule has 0 aliphatic carbocycles. The molecule has 0 aliphatic heterocycles. The average Bonchev–Trinajstić information content (AvgIpc) is 2.24. The first-order chi connectivity index (χ1) is 8.35. The molecule has 0 nitrogen and oxygen atoms in total. The van der Waals surface area contributed by atoms with E-state index in [1.54, 1.807) is 0 Å². The Morgan fingerprint density at radius 1 is 0.833 bits per heavy atom. The van der Waals surface area contributed by atoms with Crippen LogP contribution in [0.5, 0.6) is 0 Å². The first-order valence-electron chi connectivity index (χ1n) is 8.14. The predicted molar refractivity (Wildman–Crippen MR) is 88.9 cm³/mol. The fourth-order valence-corrected chi connectivity index (χ4v) is 13.0. The molecule has 0 spiro atoms. The first kappa shape index (κ1) is 18.2. The van der Waals surface area contributed by atoms with E-state index in [0.717, 1.165) is 28.6 Å². The summed E-state index contributed by atoms with van der Waals surface area (Å²) >= 11 is 0. The molecule has 0 bridgehead atoms. The summed E-state index contributed by atoms with van der Waals surface area (Å²) in [5.74, 6) is 0. The minimum atomic E-state index is -1.26. The Morgan fingerprint density at radius 2 is 1.28 bits per heavy atom. The molecule has 1 atom stereocenters. The summed E-state index contributed by atoms with van der Waals surface area (Å²) in [6.45, 7) is 21.4. The lowest BCUT2D eigenvalue weighted by Gasteiger charge is -2.49. The lowest BCUT2D eigenvalue weighted by Crippen LogP contribution is -2.49. The van der Waals surface area contributed by atoms with Gasteiger partial charge in [-0.1, -0.05) is 104 Å². The molecule has 0 aromatic heterocycles. The maximum Gasteiger partial charge on any atom is 0.0643 e. The number of hydrogen-bond donors (Lipinski definition) is 0. The molecule has 0 fully saturated rings. The predicted octanol–water partition coefficient (Wildman–Crippen LogP) is 6.84. The Balaban J connectivity index is 5.31. The normalized spacial score (nSPS) is 14.8. The van der Waals surface area contributed by atoms with Crippen LogP contribution >= 0.6 is 0 Å². The molecule has 0 rings (SSSR count). The molecular formula is C17H37Si. The van der Waals surface area contributed by atoms with Crippen LogP contribution in [0, 0.1) is 6.92 Å². The molecule has 0 saturated carbocycles. The topological polar surface area (TPSA) is 0 Å². The van der Waals surface area contributed by atoms with Crippen molar-refractivity contribution in [1.29, 1.82) is 0 Å². The third-order valence-corrected chi connectivity index (χ3v) is 13.2. The van der Waals surface area contributed by atoms with Gasteiger partial charge in [0, 0.05) is 0 Å². The standard InChI is InChI=1S/C17H37Si/c1-9-11-13-17(12-10-2)18(14(3)4,15(5)6)16(7)8/h14-17H,2,9-13H2,1,3-8H3.